The van der Waals surface area contributed by atoms with Gasteiger partial charge in [0.05, 0.1) is 7.11 Å². The Morgan fingerprint density at radius 2 is 1.86 bits per heavy atom. The molecule has 0 aliphatic rings. The SMILES string of the molecule is COCCCNC(=O)C(Cc1ccccc1)NS(=O)(=O)c1cc(F)ccc1OC. The van der Waals surface area contributed by atoms with Crippen LogP contribution in [0.4, 0.5) is 4.39 Å². The molecule has 0 aliphatic heterocycles. The molecule has 9 heteroatoms. The molecule has 2 aromatic carbocycles. The highest BCUT2D eigenvalue weighted by Crippen LogP contribution is 2.24. The first-order valence-electron chi connectivity index (χ1n) is 9.04. The van der Waals surface area contributed by atoms with Gasteiger partial charge in [0.25, 0.3) is 0 Å². The molecule has 0 aromatic heterocycles. The van der Waals surface area contributed by atoms with E-state index in [4.69, 9.17) is 9.47 Å². The summed E-state index contributed by atoms with van der Waals surface area (Å²) >= 11 is 0. The molecule has 29 heavy (non-hydrogen) atoms. The molecule has 1 unspecified atom stereocenters. The van der Waals surface area contributed by atoms with Gasteiger partial charge in [-0.2, -0.15) is 4.72 Å². The van der Waals surface area contributed by atoms with Crippen LogP contribution in [0.25, 0.3) is 0 Å². The second-order valence-corrected chi connectivity index (χ2v) is 7.98. The molecule has 2 aromatic rings. The molecule has 0 fully saturated rings. The van der Waals surface area contributed by atoms with Crippen molar-refractivity contribution in [2.24, 2.45) is 0 Å². The van der Waals surface area contributed by atoms with Crippen molar-refractivity contribution >= 4 is 15.9 Å². The van der Waals surface area contributed by atoms with Crippen LogP contribution in [0.15, 0.2) is 53.4 Å². The fourth-order valence-corrected chi connectivity index (χ4v) is 4.08. The topological polar surface area (TPSA) is 93.7 Å². The minimum absolute atomic E-state index is 0.0159. The molecular weight excluding hydrogens is 399 g/mol. The maximum atomic E-state index is 13.7. The van der Waals surface area contributed by atoms with Crippen LogP contribution >= 0.6 is 0 Å². The van der Waals surface area contributed by atoms with Gasteiger partial charge in [-0.05, 0) is 36.6 Å². The number of hydrogen-bond acceptors (Lipinski definition) is 5. The third-order valence-electron chi connectivity index (χ3n) is 4.14. The van der Waals surface area contributed by atoms with Crippen molar-refractivity contribution in [3.63, 3.8) is 0 Å². The highest BCUT2D eigenvalue weighted by molar-refractivity contribution is 7.89. The van der Waals surface area contributed by atoms with E-state index < -0.39 is 27.8 Å². The van der Waals surface area contributed by atoms with Crippen molar-refractivity contribution in [1.29, 1.82) is 0 Å². The van der Waals surface area contributed by atoms with Crippen LogP contribution in [0.1, 0.15) is 12.0 Å². The summed E-state index contributed by atoms with van der Waals surface area (Å²) in [5.74, 6) is -1.23. The third kappa shape index (κ3) is 6.81. The van der Waals surface area contributed by atoms with E-state index in [0.717, 1.165) is 17.7 Å². The second-order valence-electron chi connectivity index (χ2n) is 6.30. The van der Waals surface area contributed by atoms with Crippen LogP contribution in [0, 0.1) is 5.82 Å². The smallest absolute Gasteiger partial charge is 0.245 e. The Morgan fingerprint density at radius 3 is 2.52 bits per heavy atom. The normalized spacial score (nSPS) is 12.4. The molecule has 158 valence electrons. The van der Waals surface area contributed by atoms with E-state index in [-0.39, 0.29) is 17.1 Å². The van der Waals surface area contributed by atoms with Crippen molar-refractivity contribution in [1.82, 2.24) is 10.0 Å². The van der Waals surface area contributed by atoms with E-state index in [1.165, 1.54) is 13.2 Å². The van der Waals surface area contributed by atoms with Crippen LogP contribution in [0.2, 0.25) is 0 Å². The van der Waals surface area contributed by atoms with E-state index in [0.29, 0.717) is 19.6 Å². The fraction of sp³-hybridized carbons (Fsp3) is 0.350. The van der Waals surface area contributed by atoms with Gasteiger partial charge >= 0.3 is 0 Å². The minimum atomic E-state index is -4.23. The van der Waals surface area contributed by atoms with Gasteiger partial charge < -0.3 is 14.8 Å². The lowest BCUT2D eigenvalue weighted by Gasteiger charge is -2.19. The maximum Gasteiger partial charge on any atom is 0.245 e. The number of carbonyl (C=O) groups excluding carboxylic acids is 1. The summed E-state index contributed by atoms with van der Waals surface area (Å²) in [4.78, 5) is 12.3. The molecule has 1 atom stereocenters. The molecule has 0 aliphatic carbocycles. The first-order chi connectivity index (χ1) is 13.9. The average molecular weight is 424 g/mol. The summed E-state index contributed by atoms with van der Waals surface area (Å²) in [6, 6.07) is 11.1. The van der Waals surface area contributed by atoms with Crippen LogP contribution in [0.3, 0.4) is 0 Å². The molecule has 0 bridgehead atoms. The summed E-state index contributed by atoms with van der Waals surface area (Å²) < 4.78 is 51.8. The Kier molecular flexibility index (Phi) is 8.56. The molecule has 1 amide bonds. The average Bonchev–Trinajstić information content (AvgIpc) is 2.71. The first-order valence-corrected chi connectivity index (χ1v) is 10.5. The van der Waals surface area contributed by atoms with Crippen LogP contribution in [-0.2, 0) is 26.0 Å². The summed E-state index contributed by atoms with van der Waals surface area (Å²) in [6.07, 6.45) is 0.721. The Bertz CT molecular complexity index is 906. The number of rotatable bonds is 11. The van der Waals surface area contributed by atoms with Crippen molar-refractivity contribution in [2.75, 3.05) is 27.4 Å². The number of carbonyl (C=O) groups is 1. The number of methoxy groups -OCH3 is 2. The zero-order valence-electron chi connectivity index (χ0n) is 16.4. The van der Waals surface area contributed by atoms with Gasteiger partial charge in [-0.3, -0.25) is 4.79 Å². The minimum Gasteiger partial charge on any atom is -0.495 e. The van der Waals surface area contributed by atoms with E-state index >= 15 is 0 Å². The predicted octanol–water partition coefficient (Wildman–Crippen LogP) is 1.88. The number of halogens is 1. The van der Waals surface area contributed by atoms with Gasteiger partial charge in [0.2, 0.25) is 15.9 Å². The summed E-state index contributed by atoms with van der Waals surface area (Å²) in [6.45, 7) is 0.804. The first kappa shape index (κ1) is 22.8. The van der Waals surface area contributed by atoms with Gasteiger partial charge in [-0.15, -0.1) is 0 Å². The molecule has 2 N–H and O–H groups in total. The van der Waals surface area contributed by atoms with Crippen LogP contribution < -0.4 is 14.8 Å². The Labute approximate surface area is 170 Å². The molecule has 0 radical (unpaired) electrons. The summed E-state index contributed by atoms with van der Waals surface area (Å²) in [5.41, 5.74) is 0.776. The maximum absolute atomic E-state index is 13.7. The molecule has 0 heterocycles. The van der Waals surface area contributed by atoms with Crippen molar-refractivity contribution in [2.45, 2.75) is 23.8 Å². The molecule has 7 nitrogen and oxygen atoms in total. The zero-order chi connectivity index (χ0) is 21.3. The van der Waals surface area contributed by atoms with Gasteiger partial charge in [0, 0.05) is 20.3 Å². The van der Waals surface area contributed by atoms with E-state index in [9.17, 15) is 17.6 Å². The monoisotopic (exact) mass is 424 g/mol. The highest BCUT2D eigenvalue weighted by Gasteiger charge is 2.28. The summed E-state index contributed by atoms with van der Waals surface area (Å²) in [5, 5.41) is 2.70. The fourth-order valence-electron chi connectivity index (χ4n) is 2.70. The quantitative estimate of drug-likeness (QED) is 0.537. The van der Waals surface area contributed by atoms with Crippen molar-refractivity contribution in [3.8, 4) is 5.75 Å². The predicted molar refractivity (Wildman–Crippen MR) is 107 cm³/mol. The van der Waals surface area contributed by atoms with Crippen molar-refractivity contribution in [3.05, 3.63) is 59.9 Å². The molecule has 0 spiro atoms. The third-order valence-corrected chi connectivity index (χ3v) is 5.63. The summed E-state index contributed by atoms with van der Waals surface area (Å²) in [7, 11) is -1.38. The lowest BCUT2D eigenvalue weighted by molar-refractivity contribution is -0.122. The lowest BCUT2D eigenvalue weighted by atomic mass is 10.1. The van der Waals surface area contributed by atoms with Gasteiger partial charge in [-0.25, -0.2) is 12.8 Å². The Morgan fingerprint density at radius 1 is 1.14 bits per heavy atom. The van der Waals surface area contributed by atoms with Crippen LogP contribution in [-0.4, -0.2) is 47.7 Å². The molecule has 0 saturated carbocycles. The number of hydrogen-bond donors (Lipinski definition) is 2. The van der Waals surface area contributed by atoms with Crippen LogP contribution in [0.5, 0.6) is 5.75 Å². The molecule has 2 rings (SSSR count). The number of benzene rings is 2. The van der Waals surface area contributed by atoms with Crippen molar-refractivity contribution < 1.29 is 27.1 Å². The molecular formula is C20H25FN2O5S. The lowest BCUT2D eigenvalue weighted by Crippen LogP contribution is -2.48. The van der Waals surface area contributed by atoms with E-state index in [1.54, 1.807) is 31.4 Å². The Balaban J connectivity index is 2.25. The number of amides is 1. The zero-order valence-corrected chi connectivity index (χ0v) is 17.2. The van der Waals surface area contributed by atoms with E-state index in [2.05, 4.69) is 10.0 Å². The van der Waals surface area contributed by atoms with Gasteiger partial charge in [0.15, 0.2) is 0 Å². The van der Waals surface area contributed by atoms with Gasteiger partial charge in [-0.1, -0.05) is 30.3 Å². The van der Waals surface area contributed by atoms with Gasteiger partial charge in [0.1, 0.15) is 22.5 Å². The number of sulfonamides is 1. The standard InChI is InChI=1S/C20H25FN2O5S/c1-27-12-6-11-22-20(24)17(13-15-7-4-3-5-8-15)23-29(25,26)19-14-16(21)9-10-18(19)28-2/h3-5,7-10,14,17,23H,6,11-13H2,1-2H3,(H,22,24). The second kappa shape index (κ2) is 10.9. The largest absolute Gasteiger partial charge is 0.495 e. The molecule has 0 saturated heterocycles. The highest BCUT2D eigenvalue weighted by atomic mass is 32.2. The van der Waals surface area contributed by atoms with E-state index in [1.807, 2.05) is 6.07 Å². The number of nitrogens with one attached hydrogen (secondary N) is 2. The Hall–Kier alpha value is -2.49. The number of ether oxygens (including phenoxy) is 2.